The molecule has 0 spiro atoms. The first-order chi connectivity index (χ1) is 12.1. The number of alkyl halides is 3. The van der Waals surface area contributed by atoms with Gasteiger partial charge in [0.2, 0.25) is 0 Å². The number of carbonyl (C=O) groups is 1. The molecule has 1 amide bonds. The normalized spacial score (nSPS) is 12.6. The fraction of sp³-hybridized carbons (Fsp3) is 0.316. The molecule has 2 rings (SSSR count). The van der Waals surface area contributed by atoms with Crippen molar-refractivity contribution < 1.29 is 22.7 Å². The van der Waals surface area contributed by atoms with Crippen LogP contribution in [-0.4, -0.2) is 12.0 Å². The molecule has 0 heterocycles. The van der Waals surface area contributed by atoms with Gasteiger partial charge < -0.3 is 10.1 Å². The van der Waals surface area contributed by atoms with Crippen LogP contribution in [0.1, 0.15) is 30.0 Å². The van der Waals surface area contributed by atoms with Gasteiger partial charge in [-0.1, -0.05) is 24.6 Å². The maximum absolute atomic E-state index is 12.8. The molecule has 2 aromatic carbocycles. The fourth-order valence-electron chi connectivity index (χ4n) is 2.50. The van der Waals surface area contributed by atoms with Crippen molar-refractivity contribution in [1.82, 2.24) is 0 Å². The molecule has 2 aromatic rings. The van der Waals surface area contributed by atoms with E-state index >= 15 is 0 Å². The van der Waals surface area contributed by atoms with E-state index in [1.54, 1.807) is 19.1 Å². The Balaban J connectivity index is 2.19. The Bertz CT molecular complexity index is 786. The van der Waals surface area contributed by atoms with E-state index in [-0.39, 0.29) is 10.7 Å². The largest absolute Gasteiger partial charge is 0.481 e. The molecule has 0 aliphatic heterocycles. The van der Waals surface area contributed by atoms with E-state index in [9.17, 15) is 18.0 Å². The molecule has 0 bridgehead atoms. The third kappa shape index (κ3) is 5.14. The smallest absolute Gasteiger partial charge is 0.416 e. The second kappa shape index (κ2) is 7.99. The number of benzene rings is 2. The van der Waals surface area contributed by atoms with E-state index in [1.165, 1.54) is 0 Å². The lowest BCUT2D eigenvalue weighted by Gasteiger charge is -2.19. The maximum Gasteiger partial charge on any atom is 0.416 e. The standard InChI is InChI=1S/C19H19ClF3NO2/c1-4-17(26-14-8-11(2)7-12(3)9-14)18(25)24-16-10-13(19(21,22)23)5-6-15(16)20/h5-10,17H,4H2,1-3H3,(H,24,25). The van der Waals surface area contributed by atoms with Gasteiger partial charge in [-0.3, -0.25) is 4.79 Å². The SMILES string of the molecule is CCC(Oc1cc(C)cc(C)c1)C(=O)Nc1cc(C(F)(F)F)ccc1Cl. The molecule has 0 aliphatic rings. The van der Waals surface area contributed by atoms with E-state index in [0.717, 1.165) is 29.3 Å². The van der Waals surface area contributed by atoms with Gasteiger partial charge in [0.05, 0.1) is 16.3 Å². The fourth-order valence-corrected chi connectivity index (χ4v) is 2.66. The summed E-state index contributed by atoms with van der Waals surface area (Å²) in [4.78, 5) is 12.5. The molecule has 0 aliphatic carbocycles. The minimum atomic E-state index is -4.52. The van der Waals surface area contributed by atoms with Gasteiger partial charge >= 0.3 is 6.18 Å². The van der Waals surface area contributed by atoms with Crippen LogP contribution >= 0.6 is 11.6 Å². The van der Waals surface area contributed by atoms with Crippen LogP contribution in [-0.2, 0) is 11.0 Å². The molecule has 0 aromatic heterocycles. The van der Waals surface area contributed by atoms with Crippen LogP contribution in [0.15, 0.2) is 36.4 Å². The highest BCUT2D eigenvalue weighted by molar-refractivity contribution is 6.33. The van der Waals surface area contributed by atoms with E-state index < -0.39 is 23.8 Å². The van der Waals surface area contributed by atoms with Gasteiger partial charge in [-0.25, -0.2) is 0 Å². The zero-order valence-electron chi connectivity index (χ0n) is 14.6. The highest BCUT2D eigenvalue weighted by atomic mass is 35.5. The summed E-state index contributed by atoms with van der Waals surface area (Å²) >= 11 is 5.92. The quantitative estimate of drug-likeness (QED) is 0.709. The summed E-state index contributed by atoms with van der Waals surface area (Å²) in [6.45, 7) is 5.56. The topological polar surface area (TPSA) is 38.3 Å². The monoisotopic (exact) mass is 385 g/mol. The summed E-state index contributed by atoms with van der Waals surface area (Å²) in [5, 5.41) is 2.45. The molecule has 140 valence electrons. The first-order valence-corrected chi connectivity index (χ1v) is 8.40. The third-order valence-electron chi connectivity index (χ3n) is 3.69. The molecule has 7 heteroatoms. The van der Waals surface area contributed by atoms with Gasteiger partial charge in [-0.15, -0.1) is 0 Å². The van der Waals surface area contributed by atoms with E-state index in [4.69, 9.17) is 16.3 Å². The molecule has 0 saturated carbocycles. The molecule has 1 atom stereocenters. The van der Waals surface area contributed by atoms with E-state index in [0.29, 0.717) is 12.2 Å². The van der Waals surface area contributed by atoms with Gasteiger partial charge in [-0.2, -0.15) is 13.2 Å². The summed E-state index contributed by atoms with van der Waals surface area (Å²) in [5.41, 5.74) is 0.974. The number of carbonyl (C=O) groups excluding carboxylic acids is 1. The van der Waals surface area contributed by atoms with Crippen molar-refractivity contribution in [3.8, 4) is 5.75 Å². The molecular formula is C19H19ClF3NO2. The molecule has 1 N–H and O–H groups in total. The maximum atomic E-state index is 12.8. The number of hydrogen-bond donors (Lipinski definition) is 1. The average molecular weight is 386 g/mol. The summed E-state index contributed by atoms with van der Waals surface area (Å²) in [6, 6.07) is 8.33. The van der Waals surface area contributed by atoms with Crippen LogP contribution in [0, 0.1) is 13.8 Å². The first-order valence-electron chi connectivity index (χ1n) is 8.02. The Morgan fingerprint density at radius 1 is 1.15 bits per heavy atom. The van der Waals surface area contributed by atoms with Crippen LogP contribution < -0.4 is 10.1 Å². The van der Waals surface area contributed by atoms with Crippen molar-refractivity contribution in [3.63, 3.8) is 0 Å². The summed E-state index contributed by atoms with van der Waals surface area (Å²) in [5.74, 6) is -0.0347. The highest BCUT2D eigenvalue weighted by Crippen LogP contribution is 2.34. The lowest BCUT2D eigenvalue weighted by atomic mass is 10.1. The Kier molecular flexibility index (Phi) is 6.18. The van der Waals surface area contributed by atoms with Crippen molar-refractivity contribution in [2.75, 3.05) is 5.32 Å². The Hall–Kier alpha value is -2.21. The number of ether oxygens (including phenoxy) is 1. The summed E-state index contributed by atoms with van der Waals surface area (Å²) < 4.78 is 44.3. The number of rotatable bonds is 5. The number of nitrogens with one attached hydrogen (secondary N) is 1. The molecule has 0 radical (unpaired) electrons. The van der Waals surface area contributed by atoms with E-state index in [1.807, 2.05) is 19.9 Å². The zero-order valence-corrected chi connectivity index (χ0v) is 15.3. The van der Waals surface area contributed by atoms with Crippen molar-refractivity contribution >= 4 is 23.2 Å². The summed E-state index contributed by atoms with van der Waals surface area (Å²) in [7, 11) is 0. The van der Waals surface area contributed by atoms with Crippen molar-refractivity contribution in [2.24, 2.45) is 0 Å². The van der Waals surface area contributed by atoms with Gasteiger partial charge in [0.25, 0.3) is 5.91 Å². The zero-order chi connectivity index (χ0) is 19.5. The predicted octanol–water partition coefficient (Wildman–Crippen LogP) is 5.77. The minimum absolute atomic E-state index is 0.0209. The lowest BCUT2D eigenvalue weighted by Crippen LogP contribution is -2.32. The lowest BCUT2D eigenvalue weighted by molar-refractivity contribution is -0.137. The summed E-state index contributed by atoms with van der Waals surface area (Å²) in [6.07, 6.45) is -5.04. The van der Waals surface area contributed by atoms with Crippen LogP contribution in [0.25, 0.3) is 0 Å². The van der Waals surface area contributed by atoms with Gasteiger partial charge in [0.1, 0.15) is 5.75 Å². The number of aryl methyl sites for hydroxylation is 2. The average Bonchev–Trinajstić information content (AvgIpc) is 2.52. The Morgan fingerprint density at radius 2 is 1.77 bits per heavy atom. The molecular weight excluding hydrogens is 367 g/mol. The highest BCUT2D eigenvalue weighted by Gasteiger charge is 2.31. The third-order valence-corrected chi connectivity index (χ3v) is 4.02. The van der Waals surface area contributed by atoms with Gasteiger partial charge in [0, 0.05) is 0 Å². The first kappa shape index (κ1) is 20.1. The molecule has 0 fully saturated rings. The van der Waals surface area contributed by atoms with Crippen LogP contribution in [0.4, 0.5) is 18.9 Å². The number of anilines is 1. The number of halogens is 4. The number of hydrogen-bond acceptors (Lipinski definition) is 2. The second-order valence-electron chi connectivity index (χ2n) is 6.02. The van der Waals surface area contributed by atoms with Crippen molar-refractivity contribution in [2.45, 2.75) is 39.5 Å². The predicted molar refractivity (Wildman–Crippen MR) is 95.7 cm³/mol. The Morgan fingerprint density at radius 3 is 2.31 bits per heavy atom. The minimum Gasteiger partial charge on any atom is -0.481 e. The Labute approximate surface area is 155 Å². The molecule has 26 heavy (non-hydrogen) atoms. The van der Waals surface area contributed by atoms with Gasteiger partial charge in [-0.05, 0) is 61.7 Å². The van der Waals surface area contributed by atoms with Crippen LogP contribution in [0.3, 0.4) is 0 Å². The van der Waals surface area contributed by atoms with Crippen molar-refractivity contribution in [1.29, 1.82) is 0 Å². The van der Waals surface area contributed by atoms with Crippen LogP contribution in [0.5, 0.6) is 5.75 Å². The number of amides is 1. The molecule has 1 unspecified atom stereocenters. The van der Waals surface area contributed by atoms with Crippen LogP contribution in [0.2, 0.25) is 5.02 Å². The van der Waals surface area contributed by atoms with Gasteiger partial charge in [0.15, 0.2) is 6.10 Å². The molecule has 0 saturated heterocycles. The van der Waals surface area contributed by atoms with Crippen molar-refractivity contribution in [3.05, 3.63) is 58.1 Å². The molecule has 3 nitrogen and oxygen atoms in total. The van der Waals surface area contributed by atoms with E-state index in [2.05, 4.69) is 5.32 Å². The second-order valence-corrected chi connectivity index (χ2v) is 6.43.